The first-order valence-electron chi connectivity index (χ1n) is 5.59. The lowest BCUT2D eigenvalue weighted by Gasteiger charge is -2.10. The quantitative estimate of drug-likeness (QED) is 0.723. The molecule has 2 aromatic carbocycles. The Labute approximate surface area is 99.7 Å². The maximum absolute atomic E-state index is 4.41. The van der Waals surface area contributed by atoms with Gasteiger partial charge in [0, 0.05) is 7.05 Å². The molecule has 0 fully saturated rings. The van der Waals surface area contributed by atoms with Crippen LogP contribution < -0.4 is 5.32 Å². The molecule has 0 saturated heterocycles. The Hall–Kier alpha value is -2.29. The van der Waals surface area contributed by atoms with Gasteiger partial charge in [-0.05, 0) is 24.3 Å². The molecule has 3 nitrogen and oxygen atoms in total. The van der Waals surface area contributed by atoms with Crippen molar-refractivity contribution in [3.8, 4) is 5.69 Å². The van der Waals surface area contributed by atoms with Gasteiger partial charge in [0.2, 0.25) is 0 Å². The van der Waals surface area contributed by atoms with E-state index in [9.17, 15) is 0 Å². The van der Waals surface area contributed by atoms with E-state index in [0.717, 1.165) is 22.4 Å². The fourth-order valence-electron chi connectivity index (χ4n) is 2.05. The molecule has 3 heteroatoms. The number of para-hydroxylation sites is 4. The minimum absolute atomic E-state index is 1.01. The van der Waals surface area contributed by atoms with Crippen molar-refractivity contribution in [1.29, 1.82) is 0 Å². The molecule has 1 N–H and O–H groups in total. The largest absolute Gasteiger partial charge is 0.386 e. The molecular weight excluding hydrogens is 210 g/mol. The number of nitrogens with one attached hydrogen (secondary N) is 1. The van der Waals surface area contributed by atoms with E-state index in [1.54, 1.807) is 0 Å². The van der Waals surface area contributed by atoms with Crippen molar-refractivity contribution in [2.24, 2.45) is 0 Å². The van der Waals surface area contributed by atoms with Gasteiger partial charge in [-0.15, -0.1) is 0 Å². The van der Waals surface area contributed by atoms with Gasteiger partial charge in [-0.25, -0.2) is 4.98 Å². The van der Waals surface area contributed by atoms with Gasteiger partial charge < -0.3 is 5.32 Å². The number of hydrogen-bond donors (Lipinski definition) is 1. The summed E-state index contributed by atoms with van der Waals surface area (Å²) in [7, 11) is 1.93. The average molecular weight is 223 g/mol. The van der Waals surface area contributed by atoms with Crippen LogP contribution in [0.5, 0.6) is 0 Å². The molecule has 3 rings (SSSR count). The second-order valence-electron chi connectivity index (χ2n) is 3.87. The summed E-state index contributed by atoms with van der Waals surface area (Å²) in [5.41, 5.74) is 4.34. The van der Waals surface area contributed by atoms with Crippen LogP contribution in [-0.4, -0.2) is 16.6 Å². The van der Waals surface area contributed by atoms with Crippen LogP contribution in [0, 0.1) is 0 Å². The second kappa shape index (κ2) is 3.94. The number of rotatable bonds is 2. The summed E-state index contributed by atoms with van der Waals surface area (Å²) in [6.07, 6.45) is 1.86. The fraction of sp³-hybridized carbons (Fsp3) is 0.0714. The number of aromatic nitrogens is 2. The first-order chi connectivity index (χ1) is 8.40. The summed E-state index contributed by atoms with van der Waals surface area (Å²) in [6.45, 7) is 0. The molecule has 0 spiro atoms. The van der Waals surface area contributed by atoms with Gasteiger partial charge in [0.05, 0.1) is 22.4 Å². The number of nitrogens with zero attached hydrogens (tertiary/aromatic N) is 2. The highest BCUT2D eigenvalue weighted by Gasteiger charge is 2.06. The molecule has 0 saturated carbocycles. The first kappa shape index (κ1) is 9.90. The van der Waals surface area contributed by atoms with Gasteiger partial charge in [-0.2, -0.15) is 0 Å². The lowest BCUT2D eigenvalue weighted by Crippen LogP contribution is -1.98. The highest BCUT2D eigenvalue weighted by molar-refractivity contribution is 5.79. The number of fused-ring (bicyclic) bond motifs is 1. The third-order valence-electron chi connectivity index (χ3n) is 2.89. The lowest BCUT2D eigenvalue weighted by atomic mass is 10.2. The third kappa shape index (κ3) is 1.56. The van der Waals surface area contributed by atoms with Crippen LogP contribution in [0.25, 0.3) is 16.7 Å². The van der Waals surface area contributed by atoms with Gasteiger partial charge in [0.15, 0.2) is 0 Å². The Morgan fingerprint density at radius 1 is 1.00 bits per heavy atom. The standard InChI is InChI=1S/C14H13N3/c1-15-11-6-2-4-8-13(11)17-10-16-12-7-3-5-9-14(12)17/h2-10,15H,1H3. The molecule has 3 aromatic rings. The Bertz CT molecular complexity index is 655. The summed E-state index contributed by atoms with van der Waals surface area (Å²) in [5, 5.41) is 3.20. The zero-order valence-electron chi connectivity index (χ0n) is 9.59. The molecule has 17 heavy (non-hydrogen) atoms. The summed E-state index contributed by atoms with van der Waals surface area (Å²) >= 11 is 0. The first-order valence-corrected chi connectivity index (χ1v) is 5.59. The van der Waals surface area contributed by atoms with Crippen LogP contribution in [0.4, 0.5) is 5.69 Å². The maximum atomic E-state index is 4.41. The Balaban J connectivity index is 2.27. The van der Waals surface area contributed by atoms with Gasteiger partial charge >= 0.3 is 0 Å². The topological polar surface area (TPSA) is 29.9 Å². The van der Waals surface area contributed by atoms with Crippen molar-refractivity contribution >= 4 is 16.7 Å². The van der Waals surface area contributed by atoms with E-state index in [1.165, 1.54) is 0 Å². The van der Waals surface area contributed by atoms with E-state index in [0.29, 0.717) is 0 Å². The number of hydrogen-bond acceptors (Lipinski definition) is 2. The van der Waals surface area contributed by atoms with E-state index in [2.05, 4.69) is 33.1 Å². The third-order valence-corrected chi connectivity index (χ3v) is 2.89. The normalized spacial score (nSPS) is 10.6. The van der Waals surface area contributed by atoms with Crippen molar-refractivity contribution in [2.75, 3.05) is 12.4 Å². The number of benzene rings is 2. The highest BCUT2D eigenvalue weighted by Crippen LogP contribution is 2.23. The monoisotopic (exact) mass is 223 g/mol. The van der Waals surface area contributed by atoms with E-state index in [4.69, 9.17) is 0 Å². The molecule has 0 aliphatic carbocycles. The minimum Gasteiger partial charge on any atom is -0.386 e. The summed E-state index contributed by atoms with van der Waals surface area (Å²) in [4.78, 5) is 4.41. The van der Waals surface area contributed by atoms with Gasteiger partial charge in [0.25, 0.3) is 0 Å². The molecule has 0 aliphatic heterocycles. The Morgan fingerprint density at radius 2 is 1.76 bits per heavy atom. The molecule has 0 unspecified atom stereocenters. The van der Waals surface area contributed by atoms with Crippen LogP contribution in [0.1, 0.15) is 0 Å². The fourth-order valence-corrected chi connectivity index (χ4v) is 2.05. The summed E-state index contributed by atoms with van der Waals surface area (Å²) in [5.74, 6) is 0. The molecule has 0 bridgehead atoms. The van der Waals surface area contributed by atoms with E-state index in [-0.39, 0.29) is 0 Å². The molecule has 0 amide bonds. The smallest absolute Gasteiger partial charge is 0.100 e. The van der Waals surface area contributed by atoms with Crippen LogP contribution in [0.15, 0.2) is 54.9 Å². The molecular formula is C14H13N3. The van der Waals surface area contributed by atoms with Crippen LogP contribution in [-0.2, 0) is 0 Å². The number of anilines is 1. The maximum Gasteiger partial charge on any atom is 0.100 e. The lowest BCUT2D eigenvalue weighted by molar-refractivity contribution is 1.09. The van der Waals surface area contributed by atoms with Crippen LogP contribution in [0.3, 0.4) is 0 Å². The van der Waals surface area contributed by atoms with Crippen molar-refractivity contribution < 1.29 is 0 Å². The second-order valence-corrected chi connectivity index (χ2v) is 3.87. The summed E-state index contributed by atoms with van der Waals surface area (Å²) in [6, 6.07) is 16.3. The molecule has 1 aromatic heterocycles. The van der Waals surface area contributed by atoms with Gasteiger partial charge in [0.1, 0.15) is 6.33 Å². The van der Waals surface area contributed by atoms with Gasteiger partial charge in [-0.1, -0.05) is 24.3 Å². The van der Waals surface area contributed by atoms with Crippen molar-refractivity contribution in [3.63, 3.8) is 0 Å². The molecule has 0 radical (unpaired) electrons. The predicted molar refractivity (Wildman–Crippen MR) is 70.6 cm³/mol. The van der Waals surface area contributed by atoms with Crippen LogP contribution >= 0.6 is 0 Å². The molecule has 1 heterocycles. The zero-order chi connectivity index (χ0) is 11.7. The summed E-state index contributed by atoms with van der Waals surface area (Å²) < 4.78 is 2.10. The minimum atomic E-state index is 1.01. The average Bonchev–Trinajstić information content (AvgIpc) is 2.82. The van der Waals surface area contributed by atoms with E-state index < -0.39 is 0 Å². The Morgan fingerprint density at radius 3 is 2.65 bits per heavy atom. The SMILES string of the molecule is CNc1ccccc1-n1cnc2ccccc21. The number of imidazole rings is 1. The van der Waals surface area contributed by atoms with Crippen molar-refractivity contribution in [2.45, 2.75) is 0 Å². The Kier molecular flexibility index (Phi) is 2.29. The predicted octanol–water partition coefficient (Wildman–Crippen LogP) is 3.07. The molecule has 84 valence electrons. The van der Waals surface area contributed by atoms with Crippen molar-refractivity contribution in [1.82, 2.24) is 9.55 Å². The highest BCUT2D eigenvalue weighted by atomic mass is 15.1. The molecule has 0 atom stereocenters. The van der Waals surface area contributed by atoms with Crippen LogP contribution in [0.2, 0.25) is 0 Å². The zero-order valence-corrected chi connectivity index (χ0v) is 9.59. The van der Waals surface area contributed by atoms with Gasteiger partial charge in [-0.3, -0.25) is 4.57 Å². The molecule has 0 aliphatic rings. The van der Waals surface area contributed by atoms with Crippen molar-refractivity contribution in [3.05, 3.63) is 54.9 Å². The van der Waals surface area contributed by atoms with E-state index in [1.807, 2.05) is 43.7 Å². The van der Waals surface area contributed by atoms with E-state index >= 15 is 0 Å².